The highest BCUT2D eigenvalue weighted by molar-refractivity contribution is 5.98. The van der Waals surface area contributed by atoms with Crippen LogP contribution >= 0.6 is 0 Å². The minimum absolute atomic E-state index is 0.0520. The Morgan fingerprint density at radius 3 is 2.56 bits per heavy atom. The molecule has 0 unspecified atom stereocenters. The molecule has 0 saturated heterocycles. The Hall–Kier alpha value is -2.94. The quantitative estimate of drug-likeness (QED) is 0.632. The van der Waals surface area contributed by atoms with Crippen LogP contribution in [0.4, 0.5) is 5.69 Å². The van der Waals surface area contributed by atoms with Gasteiger partial charge in [0.15, 0.2) is 0 Å². The third-order valence-electron chi connectivity index (χ3n) is 6.67. The number of amides is 2. The molecule has 8 heteroatoms. The van der Waals surface area contributed by atoms with E-state index in [4.69, 9.17) is 14.2 Å². The number of anilines is 1. The minimum Gasteiger partial charge on any atom is -0.491 e. The van der Waals surface area contributed by atoms with Crippen molar-refractivity contribution in [2.45, 2.75) is 32.4 Å². The summed E-state index contributed by atoms with van der Waals surface area (Å²) < 4.78 is 17.0. The van der Waals surface area contributed by atoms with Gasteiger partial charge in [-0.05, 0) is 37.0 Å². The summed E-state index contributed by atoms with van der Waals surface area (Å²) in [6.45, 7) is 6.82. The molecular weight excluding hydrogens is 458 g/mol. The number of rotatable bonds is 7. The number of methoxy groups -OCH3 is 2. The van der Waals surface area contributed by atoms with Crippen molar-refractivity contribution < 1.29 is 23.8 Å². The summed E-state index contributed by atoms with van der Waals surface area (Å²) in [4.78, 5) is 29.5. The Bertz CT molecular complexity index is 1000. The predicted octanol–water partition coefficient (Wildman–Crippen LogP) is 3.32. The van der Waals surface area contributed by atoms with Crippen molar-refractivity contribution in [1.29, 1.82) is 0 Å². The number of ether oxygens (including phenoxy) is 3. The van der Waals surface area contributed by atoms with E-state index >= 15 is 0 Å². The number of fused-ring (bicyclic) bond motifs is 1. The Morgan fingerprint density at radius 2 is 1.86 bits per heavy atom. The fourth-order valence-electron chi connectivity index (χ4n) is 4.48. The third-order valence-corrected chi connectivity index (χ3v) is 6.67. The van der Waals surface area contributed by atoms with Crippen LogP contribution in [-0.2, 0) is 20.7 Å². The van der Waals surface area contributed by atoms with E-state index in [0.717, 1.165) is 19.5 Å². The van der Waals surface area contributed by atoms with Crippen molar-refractivity contribution in [3.8, 4) is 5.75 Å². The Morgan fingerprint density at radius 1 is 1.11 bits per heavy atom. The number of likely N-dealkylation sites (N-methyl/N-ethyl adjacent to an activating group) is 1. The number of hydrogen-bond donors (Lipinski definition) is 1. The number of carbonyl (C=O) groups excluding carboxylic acids is 2. The summed E-state index contributed by atoms with van der Waals surface area (Å²) >= 11 is 0. The summed E-state index contributed by atoms with van der Waals surface area (Å²) in [7, 11) is 4.95. The van der Waals surface area contributed by atoms with Crippen molar-refractivity contribution in [1.82, 2.24) is 9.80 Å². The zero-order valence-corrected chi connectivity index (χ0v) is 22.0. The van der Waals surface area contributed by atoms with Crippen LogP contribution in [0.15, 0.2) is 48.5 Å². The van der Waals surface area contributed by atoms with Crippen LogP contribution in [-0.4, -0.2) is 87.9 Å². The van der Waals surface area contributed by atoms with Crippen LogP contribution in [0.1, 0.15) is 29.8 Å². The first kappa shape index (κ1) is 27.6. The average molecular weight is 498 g/mol. The second kappa shape index (κ2) is 13.4. The SMILES string of the molecule is COCC(=O)Nc1ccc2c(c1)OC[C@@H](C)N(CCc1ccccc1)C[C@H](C)[C@H](OC)CN(C)C2=O. The predicted molar refractivity (Wildman–Crippen MR) is 141 cm³/mol. The number of carbonyl (C=O) groups is 2. The van der Waals surface area contributed by atoms with Gasteiger partial charge in [0, 0.05) is 58.7 Å². The molecule has 3 rings (SSSR count). The number of nitrogens with zero attached hydrogens (tertiary/aromatic N) is 2. The topological polar surface area (TPSA) is 80.3 Å². The van der Waals surface area contributed by atoms with E-state index in [1.807, 2.05) is 6.07 Å². The van der Waals surface area contributed by atoms with Gasteiger partial charge in [-0.15, -0.1) is 0 Å². The first-order valence-electron chi connectivity index (χ1n) is 12.4. The zero-order chi connectivity index (χ0) is 26.1. The highest BCUT2D eigenvalue weighted by Gasteiger charge is 2.28. The molecule has 0 fully saturated rings. The molecule has 0 aromatic heterocycles. The van der Waals surface area contributed by atoms with E-state index in [0.29, 0.717) is 30.2 Å². The molecule has 8 nitrogen and oxygen atoms in total. The molecule has 36 heavy (non-hydrogen) atoms. The van der Waals surface area contributed by atoms with Gasteiger partial charge in [-0.2, -0.15) is 0 Å². The maximum absolute atomic E-state index is 13.3. The summed E-state index contributed by atoms with van der Waals surface area (Å²) in [5.41, 5.74) is 2.29. The fraction of sp³-hybridized carbons (Fsp3) is 0.500. The van der Waals surface area contributed by atoms with Gasteiger partial charge in [-0.25, -0.2) is 0 Å². The van der Waals surface area contributed by atoms with Gasteiger partial charge in [0.2, 0.25) is 5.91 Å². The first-order valence-corrected chi connectivity index (χ1v) is 12.4. The average Bonchev–Trinajstić information content (AvgIpc) is 2.87. The molecule has 3 atom stereocenters. The molecular formula is C28H39N3O5. The summed E-state index contributed by atoms with van der Waals surface area (Å²) in [5.74, 6) is 0.231. The van der Waals surface area contributed by atoms with Crippen LogP contribution in [0.3, 0.4) is 0 Å². The normalized spacial score (nSPS) is 21.6. The van der Waals surface area contributed by atoms with E-state index in [9.17, 15) is 9.59 Å². The molecule has 0 aliphatic carbocycles. The second-order valence-electron chi connectivity index (χ2n) is 9.52. The molecule has 196 valence electrons. The van der Waals surface area contributed by atoms with Crippen molar-refractivity contribution in [2.75, 3.05) is 59.4 Å². The highest BCUT2D eigenvalue weighted by atomic mass is 16.5. The monoisotopic (exact) mass is 497 g/mol. The lowest BCUT2D eigenvalue weighted by molar-refractivity contribution is -0.119. The Balaban J connectivity index is 1.87. The van der Waals surface area contributed by atoms with Crippen molar-refractivity contribution in [3.63, 3.8) is 0 Å². The molecule has 1 N–H and O–H groups in total. The number of hydrogen-bond acceptors (Lipinski definition) is 6. The van der Waals surface area contributed by atoms with E-state index in [-0.39, 0.29) is 36.5 Å². The molecule has 2 aromatic carbocycles. The maximum atomic E-state index is 13.3. The van der Waals surface area contributed by atoms with E-state index in [2.05, 4.69) is 48.3 Å². The molecule has 0 bridgehead atoms. The molecule has 0 saturated carbocycles. The lowest BCUT2D eigenvalue weighted by Crippen LogP contribution is -2.47. The standard InChI is InChI=1S/C28H39N3O5/c1-20-16-31(14-13-22-9-7-6-8-10-22)21(2)18-36-25-15-23(29-27(32)19-34-4)11-12-24(25)28(33)30(3)17-26(20)35-5/h6-12,15,20-21,26H,13-14,16-19H2,1-5H3,(H,29,32)/t20-,21+,26+/m0/s1. The van der Waals surface area contributed by atoms with Gasteiger partial charge in [0.1, 0.15) is 19.0 Å². The van der Waals surface area contributed by atoms with Crippen molar-refractivity contribution in [2.24, 2.45) is 5.92 Å². The Kier molecular flexibility index (Phi) is 10.3. The van der Waals surface area contributed by atoms with E-state index < -0.39 is 0 Å². The molecule has 1 aliphatic heterocycles. The number of benzene rings is 2. The molecule has 0 spiro atoms. The zero-order valence-electron chi connectivity index (χ0n) is 22.0. The van der Waals surface area contributed by atoms with Crippen LogP contribution in [0.2, 0.25) is 0 Å². The first-order chi connectivity index (χ1) is 17.3. The third kappa shape index (κ3) is 7.53. The highest BCUT2D eigenvalue weighted by Crippen LogP contribution is 2.27. The van der Waals surface area contributed by atoms with Gasteiger partial charge in [0.25, 0.3) is 5.91 Å². The van der Waals surface area contributed by atoms with Gasteiger partial charge in [0.05, 0.1) is 11.7 Å². The van der Waals surface area contributed by atoms with Crippen LogP contribution in [0.25, 0.3) is 0 Å². The second-order valence-corrected chi connectivity index (χ2v) is 9.52. The molecule has 1 aliphatic rings. The van der Waals surface area contributed by atoms with Crippen LogP contribution in [0.5, 0.6) is 5.75 Å². The maximum Gasteiger partial charge on any atom is 0.257 e. The fourth-order valence-corrected chi connectivity index (χ4v) is 4.48. The smallest absolute Gasteiger partial charge is 0.257 e. The van der Waals surface area contributed by atoms with Gasteiger partial charge in [-0.3, -0.25) is 14.5 Å². The van der Waals surface area contributed by atoms with Crippen molar-refractivity contribution >= 4 is 17.5 Å². The molecule has 0 radical (unpaired) electrons. The largest absolute Gasteiger partial charge is 0.491 e. The van der Waals surface area contributed by atoms with Crippen LogP contribution in [0, 0.1) is 5.92 Å². The summed E-state index contributed by atoms with van der Waals surface area (Å²) in [6.07, 6.45) is 0.821. The Labute approximate surface area is 214 Å². The van der Waals surface area contributed by atoms with Gasteiger partial charge < -0.3 is 24.4 Å². The van der Waals surface area contributed by atoms with E-state index in [1.165, 1.54) is 12.7 Å². The number of nitrogens with one attached hydrogen (secondary N) is 1. The lowest BCUT2D eigenvalue weighted by atomic mass is 10.0. The van der Waals surface area contributed by atoms with Gasteiger partial charge in [-0.1, -0.05) is 37.3 Å². The lowest BCUT2D eigenvalue weighted by Gasteiger charge is -2.36. The van der Waals surface area contributed by atoms with Crippen LogP contribution < -0.4 is 10.1 Å². The summed E-state index contributed by atoms with van der Waals surface area (Å²) in [5, 5.41) is 2.79. The molecule has 1 heterocycles. The molecule has 2 amide bonds. The minimum atomic E-state index is -0.272. The van der Waals surface area contributed by atoms with E-state index in [1.54, 1.807) is 37.3 Å². The van der Waals surface area contributed by atoms with Crippen molar-refractivity contribution in [3.05, 3.63) is 59.7 Å². The summed E-state index contributed by atoms with van der Waals surface area (Å²) in [6, 6.07) is 15.7. The van der Waals surface area contributed by atoms with Gasteiger partial charge >= 0.3 is 0 Å². The molecule has 2 aromatic rings.